The van der Waals surface area contributed by atoms with Crippen molar-refractivity contribution in [2.75, 3.05) is 19.6 Å². The molecule has 0 aliphatic rings. The summed E-state index contributed by atoms with van der Waals surface area (Å²) in [6, 6.07) is -2.77. The largest absolute Gasteiger partial charge is 0.481 e. The minimum atomic E-state index is -1.67. The van der Waals surface area contributed by atoms with E-state index in [9.17, 15) is 28.8 Å². The van der Waals surface area contributed by atoms with Gasteiger partial charge in [0.25, 0.3) is 0 Å². The van der Waals surface area contributed by atoms with Crippen LogP contribution in [0, 0.1) is 0 Å². The van der Waals surface area contributed by atoms with Crippen molar-refractivity contribution in [1.82, 2.24) is 21.3 Å². The third kappa shape index (κ3) is 13.8. The van der Waals surface area contributed by atoms with E-state index in [1.54, 1.807) is 0 Å². The first-order valence-electron chi connectivity index (χ1n) is 9.03. The molecule has 31 heavy (non-hydrogen) atoms. The van der Waals surface area contributed by atoms with E-state index in [-0.39, 0.29) is 25.5 Å². The summed E-state index contributed by atoms with van der Waals surface area (Å²) in [5, 5.41) is 26.4. The van der Waals surface area contributed by atoms with Gasteiger partial charge in [0, 0.05) is 13.5 Å². The second-order valence-electron chi connectivity index (χ2n) is 6.25. The number of carbonyl (C=O) groups is 6. The number of nitrogens with two attached hydrogens (primary N) is 2. The van der Waals surface area contributed by atoms with E-state index in [4.69, 9.17) is 21.7 Å². The molecule has 0 fully saturated rings. The number of nitrogens with one attached hydrogen (secondary N) is 4. The normalized spacial score (nSPS) is 11.9. The van der Waals surface area contributed by atoms with Crippen LogP contribution in [0.25, 0.3) is 0 Å². The minimum Gasteiger partial charge on any atom is -0.481 e. The standard InChI is InChI=1S/C16H27N7O8/c1-8(24)20-6-11(25)22-9(3-2-4-19-16(17)18)14(29)21-7-12(26)23-10(15(30)31)5-13(27)28/h9-10H,2-7H2,1H3,(H,20,24)(H,21,29)(H,22,25)(H,23,26)(H,27,28)(H,30,31)(H4,17,18,19). The van der Waals surface area contributed by atoms with Gasteiger partial charge in [-0.25, -0.2) is 4.79 Å². The maximum atomic E-state index is 12.4. The molecule has 2 unspecified atom stereocenters. The first-order valence-corrected chi connectivity index (χ1v) is 9.03. The van der Waals surface area contributed by atoms with E-state index >= 15 is 0 Å². The molecular formula is C16H27N7O8. The fourth-order valence-corrected chi connectivity index (χ4v) is 2.13. The van der Waals surface area contributed by atoms with Crippen LogP contribution in [0.2, 0.25) is 0 Å². The molecule has 15 nitrogen and oxygen atoms in total. The molecule has 2 atom stereocenters. The van der Waals surface area contributed by atoms with Crippen LogP contribution in [0.3, 0.4) is 0 Å². The highest BCUT2D eigenvalue weighted by Gasteiger charge is 2.24. The molecular weight excluding hydrogens is 418 g/mol. The lowest BCUT2D eigenvalue weighted by Gasteiger charge is -2.19. The summed E-state index contributed by atoms with van der Waals surface area (Å²) in [5.74, 6) is -5.94. The van der Waals surface area contributed by atoms with Crippen LogP contribution < -0.4 is 32.7 Å². The molecule has 0 heterocycles. The Labute approximate surface area is 177 Å². The monoisotopic (exact) mass is 445 g/mol. The van der Waals surface area contributed by atoms with E-state index in [0.717, 1.165) is 0 Å². The minimum absolute atomic E-state index is 0.0901. The van der Waals surface area contributed by atoms with Crippen molar-refractivity contribution in [3.63, 3.8) is 0 Å². The summed E-state index contributed by atoms with van der Waals surface area (Å²) in [6.07, 6.45) is -0.462. The number of carboxylic acids is 2. The van der Waals surface area contributed by atoms with Crippen molar-refractivity contribution in [1.29, 1.82) is 0 Å². The van der Waals surface area contributed by atoms with Gasteiger partial charge in [0.05, 0.1) is 19.5 Å². The van der Waals surface area contributed by atoms with E-state index in [1.807, 2.05) is 5.32 Å². The Morgan fingerprint density at radius 1 is 0.903 bits per heavy atom. The summed E-state index contributed by atoms with van der Waals surface area (Å²) < 4.78 is 0. The highest BCUT2D eigenvalue weighted by molar-refractivity contribution is 5.93. The van der Waals surface area contributed by atoms with Gasteiger partial charge >= 0.3 is 11.9 Å². The van der Waals surface area contributed by atoms with Crippen LogP contribution in [0.1, 0.15) is 26.2 Å². The molecule has 0 radical (unpaired) electrons. The molecule has 15 heteroatoms. The zero-order chi connectivity index (χ0) is 24.0. The summed E-state index contributed by atoms with van der Waals surface area (Å²) >= 11 is 0. The Balaban J connectivity index is 4.87. The van der Waals surface area contributed by atoms with Gasteiger partial charge in [-0.2, -0.15) is 0 Å². The predicted octanol–water partition coefficient (Wildman–Crippen LogP) is -4.18. The fourth-order valence-electron chi connectivity index (χ4n) is 2.13. The number of aliphatic imine (C=N–C) groups is 1. The predicted molar refractivity (Wildman–Crippen MR) is 105 cm³/mol. The average Bonchev–Trinajstić information content (AvgIpc) is 2.65. The second-order valence-corrected chi connectivity index (χ2v) is 6.25. The number of aliphatic carboxylic acids is 2. The number of nitrogens with zero attached hydrogens (tertiary/aromatic N) is 1. The molecule has 4 amide bonds. The van der Waals surface area contributed by atoms with Gasteiger partial charge in [0.15, 0.2) is 5.96 Å². The van der Waals surface area contributed by atoms with Gasteiger partial charge < -0.3 is 42.9 Å². The molecule has 0 aromatic carbocycles. The van der Waals surface area contributed by atoms with Crippen LogP contribution in [-0.2, 0) is 28.8 Å². The Morgan fingerprint density at radius 2 is 1.45 bits per heavy atom. The Morgan fingerprint density at radius 3 is 1.94 bits per heavy atom. The first kappa shape index (κ1) is 27.1. The van der Waals surface area contributed by atoms with Gasteiger partial charge in [0.2, 0.25) is 23.6 Å². The topological polar surface area (TPSA) is 255 Å². The van der Waals surface area contributed by atoms with E-state index in [2.05, 4.69) is 20.9 Å². The number of rotatable bonds is 14. The summed E-state index contributed by atoms with van der Waals surface area (Å²) in [7, 11) is 0. The molecule has 0 aromatic rings. The SMILES string of the molecule is CC(=O)NCC(=O)NC(CCCN=C(N)N)C(=O)NCC(=O)NC(CC(=O)O)C(=O)O. The molecule has 0 saturated carbocycles. The number of amides is 4. The lowest BCUT2D eigenvalue weighted by molar-refractivity contribution is -0.147. The molecule has 10 N–H and O–H groups in total. The number of carbonyl (C=O) groups excluding carboxylic acids is 4. The van der Waals surface area contributed by atoms with Gasteiger partial charge in [-0.3, -0.25) is 29.0 Å². The van der Waals surface area contributed by atoms with Crippen molar-refractivity contribution in [2.45, 2.75) is 38.3 Å². The number of hydrogen-bond donors (Lipinski definition) is 8. The average molecular weight is 445 g/mol. The molecule has 0 aromatic heterocycles. The quantitative estimate of drug-likeness (QED) is 0.0726. The van der Waals surface area contributed by atoms with E-state index < -0.39 is 60.6 Å². The molecule has 0 aliphatic heterocycles. The zero-order valence-electron chi connectivity index (χ0n) is 16.8. The highest BCUT2D eigenvalue weighted by Crippen LogP contribution is 1.99. The molecule has 0 aliphatic carbocycles. The molecule has 0 spiro atoms. The van der Waals surface area contributed by atoms with Gasteiger partial charge in [0.1, 0.15) is 12.1 Å². The number of guanidine groups is 1. The molecule has 0 bridgehead atoms. The maximum absolute atomic E-state index is 12.4. The smallest absolute Gasteiger partial charge is 0.326 e. The van der Waals surface area contributed by atoms with Crippen LogP contribution in [0.4, 0.5) is 0 Å². The second kappa shape index (κ2) is 14.1. The lowest BCUT2D eigenvalue weighted by Crippen LogP contribution is -2.52. The van der Waals surface area contributed by atoms with Crippen LogP contribution in [-0.4, -0.2) is 83.5 Å². The van der Waals surface area contributed by atoms with E-state index in [0.29, 0.717) is 6.42 Å². The van der Waals surface area contributed by atoms with Crippen LogP contribution in [0.5, 0.6) is 0 Å². The Hall–Kier alpha value is -3.91. The third-order valence-electron chi connectivity index (χ3n) is 3.53. The van der Waals surface area contributed by atoms with Gasteiger partial charge in [-0.15, -0.1) is 0 Å². The van der Waals surface area contributed by atoms with E-state index in [1.165, 1.54) is 6.92 Å². The molecule has 0 rings (SSSR count). The Kier molecular flexibility index (Phi) is 12.4. The van der Waals surface area contributed by atoms with Crippen molar-refractivity contribution in [3.8, 4) is 0 Å². The van der Waals surface area contributed by atoms with Gasteiger partial charge in [-0.1, -0.05) is 0 Å². The first-order chi connectivity index (χ1) is 14.4. The Bertz CT molecular complexity index is 721. The lowest BCUT2D eigenvalue weighted by atomic mass is 10.1. The number of carboxylic acid groups (broad SMARTS) is 2. The summed E-state index contributed by atoms with van der Waals surface area (Å²) in [4.78, 5) is 72.3. The van der Waals surface area contributed by atoms with Gasteiger partial charge in [-0.05, 0) is 12.8 Å². The maximum Gasteiger partial charge on any atom is 0.326 e. The van der Waals surface area contributed by atoms with Crippen molar-refractivity contribution < 1.29 is 39.0 Å². The third-order valence-corrected chi connectivity index (χ3v) is 3.53. The summed E-state index contributed by atoms with van der Waals surface area (Å²) in [5.41, 5.74) is 10.4. The summed E-state index contributed by atoms with van der Waals surface area (Å²) in [6.45, 7) is 0.348. The molecule has 0 saturated heterocycles. The molecule has 174 valence electrons. The van der Waals surface area contributed by atoms with Crippen molar-refractivity contribution >= 4 is 41.5 Å². The van der Waals surface area contributed by atoms with Crippen LogP contribution in [0.15, 0.2) is 4.99 Å². The fraction of sp³-hybridized carbons (Fsp3) is 0.562. The highest BCUT2D eigenvalue weighted by atomic mass is 16.4. The van der Waals surface area contributed by atoms with Crippen LogP contribution >= 0.6 is 0 Å². The van der Waals surface area contributed by atoms with Crippen molar-refractivity contribution in [2.24, 2.45) is 16.5 Å². The number of hydrogen-bond acceptors (Lipinski definition) is 7. The van der Waals surface area contributed by atoms with Crippen molar-refractivity contribution in [3.05, 3.63) is 0 Å². The zero-order valence-corrected chi connectivity index (χ0v) is 16.8.